The minimum atomic E-state index is -0.577. The number of carbonyl (C=O) groups excluding carboxylic acids is 1. The third kappa shape index (κ3) is 4.80. The number of aromatic nitrogens is 2. The average Bonchev–Trinajstić information content (AvgIpc) is 3.11. The van der Waals surface area contributed by atoms with Gasteiger partial charge in [0.15, 0.2) is 12.4 Å². The minimum Gasteiger partial charge on any atom is -0.477 e. The summed E-state index contributed by atoms with van der Waals surface area (Å²) in [4.78, 5) is 22.9. The molecule has 0 saturated heterocycles. The summed E-state index contributed by atoms with van der Waals surface area (Å²) in [5.41, 5.74) is 0.784. The van der Waals surface area contributed by atoms with E-state index in [2.05, 4.69) is 10.4 Å². The van der Waals surface area contributed by atoms with Crippen LogP contribution < -0.4 is 10.1 Å². The molecule has 0 fully saturated rings. The zero-order valence-electron chi connectivity index (χ0n) is 16.8. The predicted molar refractivity (Wildman–Crippen MR) is 109 cm³/mol. The van der Waals surface area contributed by atoms with Crippen molar-refractivity contribution in [2.45, 2.75) is 26.2 Å². The highest BCUT2D eigenvalue weighted by Gasteiger charge is 2.22. The molecule has 3 rings (SSSR count). The van der Waals surface area contributed by atoms with Gasteiger partial charge in [-0.2, -0.15) is 5.10 Å². The number of nitrogens with zero attached hydrogens (tertiary/aromatic N) is 3. The number of amides is 1. The first-order valence-corrected chi connectivity index (χ1v) is 9.18. The summed E-state index contributed by atoms with van der Waals surface area (Å²) < 4.78 is 20.1. The van der Waals surface area contributed by atoms with Crippen molar-refractivity contribution in [3.63, 3.8) is 0 Å². The first-order chi connectivity index (χ1) is 14.1. The van der Waals surface area contributed by atoms with Crippen LogP contribution in [0.1, 0.15) is 26.5 Å². The van der Waals surface area contributed by atoms with Crippen molar-refractivity contribution in [2.24, 2.45) is 0 Å². The Hall–Kier alpha value is -3.75. The third-order valence-corrected chi connectivity index (χ3v) is 4.24. The second kappa shape index (κ2) is 8.32. The Bertz CT molecular complexity index is 1070. The first-order valence-electron chi connectivity index (χ1n) is 9.18. The molecule has 0 atom stereocenters. The Balaban J connectivity index is 1.81. The lowest BCUT2D eigenvalue weighted by atomic mass is 9.92. The Morgan fingerprint density at radius 1 is 1.20 bits per heavy atom. The maximum absolute atomic E-state index is 13.3. The van der Waals surface area contributed by atoms with E-state index in [4.69, 9.17) is 4.74 Å². The fourth-order valence-electron chi connectivity index (χ4n) is 2.67. The monoisotopic (exact) mass is 412 g/mol. The molecule has 0 spiro atoms. The van der Waals surface area contributed by atoms with Crippen LogP contribution in [0.15, 0.2) is 54.6 Å². The molecule has 0 aliphatic heterocycles. The van der Waals surface area contributed by atoms with Crippen molar-refractivity contribution in [1.82, 2.24) is 9.78 Å². The van der Waals surface area contributed by atoms with Crippen LogP contribution in [0.25, 0.3) is 5.69 Å². The minimum absolute atomic E-state index is 0.0000674. The zero-order valence-corrected chi connectivity index (χ0v) is 16.8. The molecule has 0 unspecified atom stereocenters. The van der Waals surface area contributed by atoms with Gasteiger partial charge in [-0.05, 0) is 30.3 Å². The van der Waals surface area contributed by atoms with E-state index in [9.17, 15) is 19.3 Å². The second-order valence-electron chi connectivity index (χ2n) is 7.61. The van der Waals surface area contributed by atoms with Crippen LogP contribution in [-0.4, -0.2) is 27.2 Å². The van der Waals surface area contributed by atoms with Crippen molar-refractivity contribution in [3.8, 4) is 11.4 Å². The fourth-order valence-corrected chi connectivity index (χ4v) is 2.67. The lowest BCUT2D eigenvalue weighted by Gasteiger charge is -2.14. The molecule has 0 radical (unpaired) electrons. The highest BCUT2D eigenvalue weighted by atomic mass is 19.1. The fraction of sp³-hybridized carbons (Fsp3) is 0.238. The van der Waals surface area contributed by atoms with Gasteiger partial charge in [0.2, 0.25) is 0 Å². The number of anilines is 1. The molecule has 9 heteroatoms. The molecule has 1 heterocycles. The van der Waals surface area contributed by atoms with Crippen molar-refractivity contribution < 1.29 is 18.8 Å². The molecule has 1 aromatic heterocycles. The maximum atomic E-state index is 13.3. The number of carbonyl (C=O) groups is 1. The summed E-state index contributed by atoms with van der Waals surface area (Å²) >= 11 is 0. The molecule has 1 amide bonds. The molecule has 2 aromatic carbocycles. The van der Waals surface area contributed by atoms with Gasteiger partial charge in [0, 0.05) is 17.5 Å². The van der Waals surface area contributed by atoms with Gasteiger partial charge >= 0.3 is 5.69 Å². The summed E-state index contributed by atoms with van der Waals surface area (Å²) in [5, 5.41) is 18.3. The first kappa shape index (κ1) is 21.0. The number of ether oxygens (including phenoxy) is 1. The van der Waals surface area contributed by atoms with E-state index >= 15 is 0 Å². The Morgan fingerprint density at radius 3 is 2.50 bits per heavy atom. The molecule has 156 valence electrons. The van der Waals surface area contributed by atoms with E-state index in [0.29, 0.717) is 11.5 Å². The lowest BCUT2D eigenvalue weighted by molar-refractivity contribution is -0.385. The van der Waals surface area contributed by atoms with Gasteiger partial charge in [-0.3, -0.25) is 14.9 Å². The van der Waals surface area contributed by atoms with Crippen LogP contribution in [0.4, 0.5) is 15.9 Å². The number of para-hydroxylation sites is 2. The normalized spacial score (nSPS) is 11.2. The smallest absolute Gasteiger partial charge is 0.310 e. The average molecular weight is 412 g/mol. The summed E-state index contributed by atoms with van der Waals surface area (Å²) in [6.45, 7) is 5.51. The van der Waals surface area contributed by atoms with Crippen LogP contribution >= 0.6 is 0 Å². The summed E-state index contributed by atoms with van der Waals surface area (Å²) in [6.07, 6.45) is 0. The van der Waals surface area contributed by atoms with E-state index in [1.165, 1.54) is 35.0 Å². The van der Waals surface area contributed by atoms with E-state index < -0.39 is 17.4 Å². The molecule has 0 aliphatic carbocycles. The number of benzene rings is 2. The van der Waals surface area contributed by atoms with Crippen molar-refractivity contribution >= 4 is 17.4 Å². The van der Waals surface area contributed by atoms with Crippen LogP contribution in [-0.2, 0) is 10.2 Å². The quantitative estimate of drug-likeness (QED) is 0.482. The van der Waals surface area contributed by atoms with Crippen molar-refractivity contribution in [1.29, 1.82) is 0 Å². The summed E-state index contributed by atoms with van der Waals surface area (Å²) in [5.74, 6) is -0.523. The third-order valence-electron chi connectivity index (χ3n) is 4.24. The van der Waals surface area contributed by atoms with Gasteiger partial charge in [0.25, 0.3) is 5.91 Å². The standard InChI is InChI=1S/C21H21FN4O4/c1-21(2,3)18-12-19(25(24-18)15-10-8-14(22)9-11-15)23-20(27)13-30-17-7-5-4-6-16(17)26(28)29/h4-12H,13H2,1-3H3,(H,23,27). The zero-order chi connectivity index (χ0) is 21.9. The van der Waals surface area contributed by atoms with Gasteiger partial charge in [-0.15, -0.1) is 0 Å². The number of nitrogens with one attached hydrogen (secondary N) is 1. The lowest BCUT2D eigenvalue weighted by Crippen LogP contribution is -2.22. The molecule has 0 aliphatic rings. The number of hydrogen-bond donors (Lipinski definition) is 1. The van der Waals surface area contributed by atoms with Crippen LogP contribution in [0.5, 0.6) is 5.75 Å². The van der Waals surface area contributed by atoms with Crippen molar-refractivity contribution in [2.75, 3.05) is 11.9 Å². The molecule has 30 heavy (non-hydrogen) atoms. The van der Waals surface area contributed by atoms with E-state index in [-0.39, 0.29) is 22.7 Å². The molecule has 1 N–H and O–H groups in total. The Kier molecular flexibility index (Phi) is 5.81. The van der Waals surface area contributed by atoms with Crippen LogP contribution in [0.3, 0.4) is 0 Å². The molecule has 0 bridgehead atoms. The number of rotatable bonds is 6. The Morgan fingerprint density at radius 2 is 1.87 bits per heavy atom. The Labute approximate surface area is 172 Å². The SMILES string of the molecule is CC(C)(C)c1cc(NC(=O)COc2ccccc2[N+](=O)[O-])n(-c2ccc(F)cc2)n1. The highest BCUT2D eigenvalue weighted by Crippen LogP contribution is 2.27. The topological polar surface area (TPSA) is 99.3 Å². The number of hydrogen-bond acceptors (Lipinski definition) is 5. The van der Waals surface area contributed by atoms with E-state index in [0.717, 1.165) is 5.69 Å². The van der Waals surface area contributed by atoms with Gasteiger partial charge in [0.1, 0.15) is 11.6 Å². The molecule has 8 nitrogen and oxygen atoms in total. The number of nitro groups is 1. The summed E-state index contributed by atoms with van der Waals surface area (Å²) in [7, 11) is 0. The van der Waals surface area contributed by atoms with Crippen LogP contribution in [0.2, 0.25) is 0 Å². The number of halogens is 1. The van der Waals surface area contributed by atoms with Gasteiger partial charge < -0.3 is 10.1 Å². The largest absolute Gasteiger partial charge is 0.477 e. The highest BCUT2D eigenvalue weighted by molar-refractivity contribution is 5.91. The van der Waals surface area contributed by atoms with Gasteiger partial charge in [-0.1, -0.05) is 32.9 Å². The molecular weight excluding hydrogens is 391 g/mol. The number of nitro benzene ring substituents is 1. The predicted octanol–water partition coefficient (Wildman–Crippen LogP) is 4.23. The van der Waals surface area contributed by atoms with Gasteiger partial charge in [0.05, 0.1) is 16.3 Å². The van der Waals surface area contributed by atoms with E-state index in [1.807, 2.05) is 20.8 Å². The molecular formula is C21H21FN4O4. The van der Waals surface area contributed by atoms with Gasteiger partial charge in [-0.25, -0.2) is 9.07 Å². The summed E-state index contributed by atoms with van der Waals surface area (Å²) in [6, 6.07) is 13.3. The second-order valence-corrected chi connectivity index (χ2v) is 7.61. The molecule has 3 aromatic rings. The van der Waals surface area contributed by atoms with Crippen LogP contribution in [0, 0.1) is 15.9 Å². The maximum Gasteiger partial charge on any atom is 0.310 e. The van der Waals surface area contributed by atoms with E-state index in [1.54, 1.807) is 24.3 Å². The van der Waals surface area contributed by atoms with Crippen molar-refractivity contribution in [3.05, 3.63) is 76.2 Å². The molecule has 0 saturated carbocycles.